The lowest BCUT2D eigenvalue weighted by molar-refractivity contribution is -0.139. The highest BCUT2D eigenvalue weighted by Crippen LogP contribution is 2.26. The first kappa shape index (κ1) is 15.7. The number of rotatable bonds is 3. The molecule has 0 bridgehead atoms. The van der Waals surface area contributed by atoms with Crippen molar-refractivity contribution >= 4 is 17.5 Å². The van der Waals surface area contributed by atoms with Crippen LogP contribution in [-0.2, 0) is 9.53 Å². The standard InChI is InChI=1S/C16H20ClFN2O2/c17-13-8-11(3-4-14(13)18)15-10-20(6-7-22-15)16(21)9-12-2-1-5-19-12/h3-4,8,12,15,19H,1-2,5-7,9-10H2. The van der Waals surface area contributed by atoms with Crippen molar-refractivity contribution in [1.29, 1.82) is 0 Å². The minimum Gasteiger partial charge on any atom is -0.370 e. The van der Waals surface area contributed by atoms with E-state index in [2.05, 4.69) is 5.32 Å². The maximum absolute atomic E-state index is 13.3. The molecule has 0 aliphatic carbocycles. The van der Waals surface area contributed by atoms with Crippen LogP contribution in [0.2, 0.25) is 5.02 Å². The van der Waals surface area contributed by atoms with Crippen LogP contribution in [0.5, 0.6) is 0 Å². The third kappa shape index (κ3) is 3.59. The Labute approximate surface area is 134 Å². The molecule has 2 saturated heterocycles. The van der Waals surface area contributed by atoms with Gasteiger partial charge in [0.1, 0.15) is 11.9 Å². The number of ether oxygens (including phenoxy) is 1. The van der Waals surface area contributed by atoms with Gasteiger partial charge < -0.3 is 15.0 Å². The second-order valence-corrected chi connectivity index (χ2v) is 6.28. The molecule has 1 aromatic carbocycles. The van der Waals surface area contributed by atoms with Gasteiger partial charge in [-0.25, -0.2) is 4.39 Å². The van der Waals surface area contributed by atoms with Crippen LogP contribution in [0.3, 0.4) is 0 Å². The van der Waals surface area contributed by atoms with Crippen LogP contribution in [0, 0.1) is 5.82 Å². The maximum Gasteiger partial charge on any atom is 0.224 e. The number of halogens is 2. The fraction of sp³-hybridized carbons (Fsp3) is 0.562. The summed E-state index contributed by atoms with van der Waals surface area (Å²) in [5.74, 6) is -0.289. The topological polar surface area (TPSA) is 41.6 Å². The molecule has 2 fully saturated rings. The highest BCUT2D eigenvalue weighted by Gasteiger charge is 2.28. The van der Waals surface area contributed by atoms with E-state index >= 15 is 0 Å². The molecule has 1 aromatic rings. The van der Waals surface area contributed by atoms with E-state index in [-0.39, 0.29) is 17.0 Å². The molecule has 2 atom stereocenters. The van der Waals surface area contributed by atoms with Crippen molar-refractivity contribution in [3.8, 4) is 0 Å². The zero-order valence-corrected chi connectivity index (χ0v) is 13.1. The van der Waals surface area contributed by atoms with E-state index in [1.807, 2.05) is 4.90 Å². The van der Waals surface area contributed by atoms with E-state index in [0.29, 0.717) is 32.2 Å². The lowest BCUT2D eigenvalue weighted by Gasteiger charge is -2.34. The summed E-state index contributed by atoms with van der Waals surface area (Å²) in [7, 11) is 0. The van der Waals surface area contributed by atoms with Crippen molar-refractivity contribution in [2.24, 2.45) is 0 Å². The first-order chi connectivity index (χ1) is 10.6. The summed E-state index contributed by atoms with van der Waals surface area (Å²) in [6.45, 7) is 2.59. The van der Waals surface area contributed by atoms with Gasteiger partial charge in [0.15, 0.2) is 0 Å². The van der Waals surface area contributed by atoms with Gasteiger partial charge in [0, 0.05) is 19.0 Å². The molecule has 22 heavy (non-hydrogen) atoms. The van der Waals surface area contributed by atoms with E-state index in [1.165, 1.54) is 6.07 Å². The lowest BCUT2D eigenvalue weighted by atomic mass is 10.1. The Morgan fingerprint density at radius 2 is 2.36 bits per heavy atom. The highest BCUT2D eigenvalue weighted by atomic mass is 35.5. The number of nitrogens with one attached hydrogen (secondary N) is 1. The molecular weight excluding hydrogens is 307 g/mol. The van der Waals surface area contributed by atoms with E-state index < -0.39 is 5.82 Å². The molecule has 0 radical (unpaired) electrons. The Hall–Kier alpha value is -1.17. The average molecular weight is 327 g/mol. The molecule has 2 unspecified atom stereocenters. The predicted octanol–water partition coefficient (Wildman–Crippen LogP) is 2.52. The molecule has 0 spiro atoms. The summed E-state index contributed by atoms with van der Waals surface area (Å²) < 4.78 is 19.0. The molecule has 1 amide bonds. The molecule has 0 aromatic heterocycles. The minimum absolute atomic E-state index is 0.0831. The maximum atomic E-state index is 13.3. The first-order valence-electron chi connectivity index (χ1n) is 7.71. The predicted molar refractivity (Wildman–Crippen MR) is 82.3 cm³/mol. The molecule has 4 nitrogen and oxygen atoms in total. The third-order valence-electron chi connectivity index (χ3n) is 4.32. The Kier molecular flexibility index (Phi) is 4.96. The highest BCUT2D eigenvalue weighted by molar-refractivity contribution is 6.30. The van der Waals surface area contributed by atoms with Crippen LogP contribution < -0.4 is 5.32 Å². The molecule has 1 N–H and O–H groups in total. The van der Waals surface area contributed by atoms with Crippen molar-refractivity contribution in [1.82, 2.24) is 10.2 Å². The van der Waals surface area contributed by atoms with Crippen LogP contribution in [0.1, 0.15) is 30.9 Å². The average Bonchev–Trinajstić information content (AvgIpc) is 3.03. The monoisotopic (exact) mass is 326 g/mol. The van der Waals surface area contributed by atoms with E-state index in [9.17, 15) is 9.18 Å². The number of hydrogen-bond donors (Lipinski definition) is 1. The normalized spacial score (nSPS) is 25.5. The fourth-order valence-electron chi connectivity index (χ4n) is 3.06. The van der Waals surface area contributed by atoms with Crippen LogP contribution in [-0.4, -0.2) is 43.1 Å². The third-order valence-corrected chi connectivity index (χ3v) is 4.61. The number of hydrogen-bond acceptors (Lipinski definition) is 3. The Morgan fingerprint density at radius 3 is 3.09 bits per heavy atom. The molecular formula is C16H20ClFN2O2. The molecule has 120 valence electrons. The lowest BCUT2D eigenvalue weighted by Crippen LogP contribution is -2.44. The number of amides is 1. The Morgan fingerprint density at radius 1 is 1.50 bits per heavy atom. The van der Waals surface area contributed by atoms with Crippen LogP contribution in [0.15, 0.2) is 18.2 Å². The Bertz CT molecular complexity index is 549. The Balaban J connectivity index is 1.63. The summed E-state index contributed by atoms with van der Waals surface area (Å²) in [5, 5.41) is 3.43. The molecule has 3 rings (SSSR count). The van der Waals surface area contributed by atoms with Gasteiger partial charge in [-0.05, 0) is 37.1 Å². The van der Waals surface area contributed by atoms with Gasteiger partial charge in [-0.3, -0.25) is 4.79 Å². The van der Waals surface area contributed by atoms with E-state index in [4.69, 9.17) is 16.3 Å². The number of carbonyl (C=O) groups is 1. The number of morpholine rings is 1. The summed E-state index contributed by atoms with van der Waals surface area (Å²) in [5.41, 5.74) is 0.808. The van der Waals surface area contributed by atoms with Crippen molar-refractivity contribution in [2.75, 3.05) is 26.2 Å². The molecule has 2 aliphatic rings. The minimum atomic E-state index is -0.443. The van der Waals surface area contributed by atoms with Gasteiger partial charge in [-0.2, -0.15) is 0 Å². The molecule has 6 heteroatoms. The first-order valence-corrected chi connectivity index (χ1v) is 8.09. The van der Waals surface area contributed by atoms with Gasteiger partial charge in [0.2, 0.25) is 5.91 Å². The quantitative estimate of drug-likeness (QED) is 0.928. The van der Waals surface area contributed by atoms with Crippen LogP contribution >= 0.6 is 11.6 Å². The van der Waals surface area contributed by atoms with Gasteiger partial charge >= 0.3 is 0 Å². The van der Waals surface area contributed by atoms with Gasteiger partial charge in [-0.15, -0.1) is 0 Å². The molecule has 2 aliphatic heterocycles. The van der Waals surface area contributed by atoms with Crippen molar-refractivity contribution in [2.45, 2.75) is 31.4 Å². The summed E-state index contributed by atoms with van der Waals surface area (Å²) in [4.78, 5) is 14.2. The summed E-state index contributed by atoms with van der Waals surface area (Å²) in [6.07, 6.45) is 2.49. The van der Waals surface area contributed by atoms with E-state index in [0.717, 1.165) is 24.9 Å². The summed E-state index contributed by atoms with van der Waals surface area (Å²) >= 11 is 5.83. The van der Waals surface area contributed by atoms with Crippen LogP contribution in [0.4, 0.5) is 4.39 Å². The number of carbonyl (C=O) groups excluding carboxylic acids is 1. The van der Waals surface area contributed by atoms with Crippen molar-refractivity contribution < 1.29 is 13.9 Å². The van der Waals surface area contributed by atoms with Gasteiger partial charge in [0.05, 0.1) is 18.2 Å². The van der Waals surface area contributed by atoms with Crippen molar-refractivity contribution in [3.05, 3.63) is 34.6 Å². The molecule has 2 heterocycles. The van der Waals surface area contributed by atoms with E-state index in [1.54, 1.807) is 12.1 Å². The van der Waals surface area contributed by atoms with Crippen molar-refractivity contribution in [3.63, 3.8) is 0 Å². The zero-order valence-electron chi connectivity index (χ0n) is 12.4. The zero-order chi connectivity index (χ0) is 15.5. The van der Waals surface area contributed by atoms with Gasteiger partial charge in [-0.1, -0.05) is 17.7 Å². The smallest absolute Gasteiger partial charge is 0.224 e. The molecule has 0 saturated carbocycles. The SMILES string of the molecule is O=C(CC1CCCN1)N1CCOC(c2ccc(F)c(Cl)c2)C1. The fourth-order valence-corrected chi connectivity index (χ4v) is 3.25. The number of benzene rings is 1. The second-order valence-electron chi connectivity index (χ2n) is 5.87. The number of nitrogens with zero attached hydrogens (tertiary/aromatic N) is 1. The van der Waals surface area contributed by atoms with Crippen LogP contribution in [0.25, 0.3) is 0 Å². The summed E-state index contributed by atoms with van der Waals surface area (Å²) in [6, 6.07) is 4.88. The van der Waals surface area contributed by atoms with Gasteiger partial charge in [0.25, 0.3) is 0 Å². The largest absolute Gasteiger partial charge is 0.370 e. The second kappa shape index (κ2) is 6.94.